The summed E-state index contributed by atoms with van der Waals surface area (Å²) in [5.41, 5.74) is 10.7. The van der Waals surface area contributed by atoms with Gasteiger partial charge in [0.25, 0.3) is 0 Å². The van der Waals surface area contributed by atoms with Crippen molar-refractivity contribution in [1.29, 1.82) is 0 Å². The van der Waals surface area contributed by atoms with E-state index in [0.29, 0.717) is 23.7 Å². The fraction of sp³-hybridized carbons (Fsp3) is 0.125. The smallest absolute Gasteiger partial charge is 0.744 e. The summed E-state index contributed by atoms with van der Waals surface area (Å²) < 4.78 is 75.7. The number of nitrogen functional groups attached to an aromatic ring is 1. The van der Waals surface area contributed by atoms with Crippen molar-refractivity contribution in [3.63, 3.8) is 0 Å². The van der Waals surface area contributed by atoms with Crippen LogP contribution in [0.15, 0.2) is 115 Å². The minimum atomic E-state index is -5.07. The molecule has 0 fully saturated rings. The number of rotatable bonds is 9. The third-order valence-electron chi connectivity index (χ3n) is 7.05. The monoisotopic (exact) mass is 703 g/mol. The van der Waals surface area contributed by atoms with Gasteiger partial charge in [-0.15, -0.1) is 5.11 Å². The van der Waals surface area contributed by atoms with Gasteiger partial charge in [0.05, 0.1) is 39.1 Å². The second-order valence-electron chi connectivity index (χ2n) is 10.3. The van der Waals surface area contributed by atoms with Crippen molar-refractivity contribution < 1.29 is 89.8 Å². The number of benzene rings is 5. The Morgan fingerprint density at radius 2 is 1.25 bits per heavy atom. The number of hydrogen-bond acceptors (Lipinski definition) is 12. The van der Waals surface area contributed by atoms with Gasteiger partial charge in [-0.1, -0.05) is 18.2 Å². The molecule has 0 unspecified atom stereocenters. The van der Waals surface area contributed by atoms with Gasteiger partial charge in [0.1, 0.15) is 31.7 Å². The summed E-state index contributed by atoms with van der Waals surface area (Å²) in [5, 5.41) is 17.3. The maximum absolute atomic E-state index is 11.9. The van der Waals surface area contributed by atoms with Gasteiger partial charge in [-0.2, -0.15) is 15.3 Å². The standard InChI is InChI=1S/C32H29N5O7S2.2Na/c1-4-44-25-9-7-24(8-10-25)34-35-28-13-5-21(15-19(28)2)22-6-14-29(20(3)16-22)36-37-32-27-12-11-26(45(38,39)40)17-23(27)18-30(31(32)33)46(41,42)43;;/h5-18H,4,33H2,1-3H3,(H,38,39,40)(H,41,42,43);;/q;2*+1/p-2. The quantitative estimate of drug-likeness (QED) is 0.104. The molecule has 0 heterocycles. The van der Waals surface area contributed by atoms with Crippen molar-refractivity contribution in [2.24, 2.45) is 20.5 Å². The van der Waals surface area contributed by atoms with E-state index in [1.807, 2.05) is 75.4 Å². The largest absolute Gasteiger partial charge is 1.00 e. The number of aryl methyl sites for hydroxylation is 2. The predicted octanol–water partition coefficient (Wildman–Crippen LogP) is 1.75. The van der Waals surface area contributed by atoms with Crippen LogP contribution in [0.2, 0.25) is 0 Å². The van der Waals surface area contributed by atoms with Gasteiger partial charge in [0.15, 0.2) is 0 Å². The van der Waals surface area contributed by atoms with Gasteiger partial charge < -0.3 is 19.6 Å². The van der Waals surface area contributed by atoms with Crippen LogP contribution in [-0.2, 0) is 20.2 Å². The SMILES string of the molecule is CCOc1ccc(N=Nc2ccc(-c3ccc(N=Nc4c(N)c(S(=O)(=O)[O-])cc5cc(S(=O)(=O)[O-])ccc45)c(C)c3)cc2C)cc1.[Na+].[Na+]. The topological polar surface area (TPSA) is 199 Å². The van der Waals surface area contributed by atoms with E-state index in [0.717, 1.165) is 46.2 Å². The van der Waals surface area contributed by atoms with Crippen LogP contribution in [0, 0.1) is 13.8 Å². The second kappa shape index (κ2) is 16.1. The van der Waals surface area contributed by atoms with E-state index in [1.54, 1.807) is 6.07 Å². The molecule has 16 heteroatoms. The van der Waals surface area contributed by atoms with Crippen LogP contribution in [0.1, 0.15) is 18.1 Å². The first-order valence-corrected chi connectivity index (χ1v) is 16.6. The van der Waals surface area contributed by atoms with Crippen molar-refractivity contribution in [3.05, 3.63) is 96.1 Å². The van der Waals surface area contributed by atoms with Crippen LogP contribution in [0.5, 0.6) is 5.75 Å². The van der Waals surface area contributed by atoms with E-state index < -0.39 is 35.7 Å². The molecule has 236 valence electrons. The number of anilines is 1. The number of azo groups is 2. The van der Waals surface area contributed by atoms with Crippen molar-refractivity contribution in [2.75, 3.05) is 12.3 Å². The minimum absolute atomic E-state index is 0. The summed E-state index contributed by atoms with van der Waals surface area (Å²) in [5.74, 6) is 0.765. The maximum Gasteiger partial charge on any atom is 1.00 e. The molecule has 0 aliphatic heterocycles. The van der Waals surface area contributed by atoms with Gasteiger partial charge in [0.2, 0.25) is 0 Å². The Morgan fingerprint density at radius 1 is 0.688 bits per heavy atom. The van der Waals surface area contributed by atoms with Crippen LogP contribution in [0.3, 0.4) is 0 Å². The van der Waals surface area contributed by atoms with Crippen LogP contribution in [-0.4, -0.2) is 32.5 Å². The first-order valence-electron chi connectivity index (χ1n) is 13.8. The number of ether oxygens (including phenoxy) is 1. The summed E-state index contributed by atoms with van der Waals surface area (Å²) in [4.78, 5) is -1.41. The molecule has 5 aromatic carbocycles. The fourth-order valence-electron chi connectivity index (χ4n) is 4.71. The van der Waals surface area contributed by atoms with E-state index in [4.69, 9.17) is 10.5 Å². The van der Waals surface area contributed by atoms with Crippen LogP contribution in [0.25, 0.3) is 21.9 Å². The van der Waals surface area contributed by atoms with E-state index in [-0.39, 0.29) is 75.6 Å². The summed E-state index contributed by atoms with van der Waals surface area (Å²) in [6.07, 6.45) is 0. The molecule has 0 saturated heterocycles. The molecule has 0 bridgehead atoms. The van der Waals surface area contributed by atoms with Crippen molar-refractivity contribution in [3.8, 4) is 16.9 Å². The average Bonchev–Trinajstić information content (AvgIpc) is 3.00. The molecule has 0 aromatic heterocycles. The Hall–Kier alpha value is -3.02. The molecule has 48 heavy (non-hydrogen) atoms. The van der Waals surface area contributed by atoms with E-state index in [2.05, 4.69) is 20.5 Å². The Labute approximate surface area is 322 Å². The Balaban J connectivity index is 0.00000312. The first-order chi connectivity index (χ1) is 21.7. The number of hydrogen-bond donors (Lipinski definition) is 1. The maximum atomic E-state index is 11.9. The molecule has 0 radical (unpaired) electrons. The van der Waals surface area contributed by atoms with Gasteiger partial charge in [-0.05, 0) is 115 Å². The number of nitrogens with two attached hydrogens (primary N) is 1. The summed E-state index contributed by atoms with van der Waals surface area (Å²) in [6.45, 7) is 6.26. The van der Waals surface area contributed by atoms with E-state index in [1.165, 1.54) is 6.07 Å². The first kappa shape index (κ1) is 39.4. The van der Waals surface area contributed by atoms with Gasteiger partial charge in [0, 0.05) is 5.39 Å². The Bertz CT molecular complexity index is 2260. The minimum Gasteiger partial charge on any atom is -0.744 e. The molecule has 2 N–H and O–H groups in total. The van der Waals surface area contributed by atoms with Crippen LogP contribution < -0.4 is 69.6 Å². The molecule has 5 aromatic rings. The number of fused-ring (bicyclic) bond motifs is 1. The molecule has 0 aliphatic carbocycles. The van der Waals surface area contributed by atoms with Crippen molar-refractivity contribution >= 4 is 59.4 Å². The fourth-order valence-corrected chi connectivity index (χ4v) is 5.86. The van der Waals surface area contributed by atoms with Gasteiger partial charge >= 0.3 is 59.1 Å². The third-order valence-corrected chi connectivity index (χ3v) is 8.76. The van der Waals surface area contributed by atoms with E-state index in [9.17, 15) is 25.9 Å². The molecule has 12 nitrogen and oxygen atoms in total. The Morgan fingerprint density at radius 3 is 1.75 bits per heavy atom. The normalized spacial score (nSPS) is 11.9. The van der Waals surface area contributed by atoms with Crippen LogP contribution in [0.4, 0.5) is 28.4 Å². The zero-order valence-electron chi connectivity index (χ0n) is 26.8. The molecule has 0 spiro atoms. The zero-order chi connectivity index (χ0) is 33.2. The summed E-state index contributed by atoms with van der Waals surface area (Å²) in [7, 11) is -9.93. The average molecular weight is 704 g/mol. The molecule has 0 amide bonds. The summed E-state index contributed by atoms with van der Waals surface area (Å²) >= 11 is 0. The zero-order valence-corrected chi connectivity index (χ0v) is 32.5. The van der Waals surface area contributed by atoms with Crippen LogP contribution >= 0.6 is 0 Å². The van der Waals surface area contributed by atoms with Crippen molar-refractivity contribution in [2.45, 2.75) is 30.6 Å². The van der Waals surface area contributed by atoms with E-state index >= 15 is 0 Å². The molecule has 0 atom stereocenters. The Kier molecular flexibility index (Phi) is 13.2. The number of nitrogens with zero attached hydrogens (tertiary/aromatic N) is 4. The second-order valence-corrected chi connectivity index (χ2v) is 13.0. The van der Waals surface area contributed by atoms with Crippen molar-refractivity contribution in [1.82, 2.24) is 0 Å². The molecule has 0 saturated carbocycles. The molecular weight excluding hydrogens is 676 g/mol. The molecular formula is C32H27N5Na2O7S2. The predicted molar refractivity (Wildman–Crippen MR) is 172 cm³/mol. The van der Waals surface area contributed by atoms with Gasteiger partial charge in [-0.25, -0.2) is 16.8 Å². The van der Waals surface area contributed by atoms with Gasteiger partial charge in [-0.3, -0.25) is 0 Å². The molecule has 0 aliphatic rings. The third kappa shape index (κ3) is 9.15. The summed E-state index contributed by atoms with van der Waals surface area (Å²) in [6, 6.07) is 22.7. The molecule has 5 rings (SSSR count).